The Bertz CT molecular complexity index is 902. The Balaban J connectivity index is 1.98. The summed E-state index contributed by atoms with van der Waals surface area (Å²) in [6.07, 6.45) is -8.42. The van der Waals surface area contributed by atoms with Gasteiger partial charge in [-0.1, -0.05) is 0 Å². The number of carbonyl (C=O) groups excluding carboxylic acids is 3. The van der Waals surface area contributed by atoms with E-state index in [0.717, 1.165) is 7.11 Å². The zero-order chi connectivity index (χ0) is 23.0. The van der Waals surface area contributed by atoms with Gasteiger partial charge in [-0.05, 0) is 12.3 Å². The zero-order valence-corrected chi connectivity index (χ0v) is 15.4. The lowest BCUT2D eigenvalue weighted by atomic mass is 9.74. The van der Waals surface area contributed by atoms with Gasteiger partial charge in [0.25, 0.3) is 0 Å². The summed E-state index contributed by atoms with van der Waals surface area (Å²) in [4.78, 5) is 36.2. The lowest BCUT2D eigenvalue weighted by Gasteiger charge is -2.35. The molecule has 0 spiro atoms. The van der Waals surface area contributed by atoms with Crippen LogP contribution in [0.15, 0.2) is 0 Å². The van der Waals surface area contributed by atoms with Crippen LogP contribution in [0.4, 0.5) is 26.3 Å². The van der Waals surface area contributed by atoms with Gasteiger partial charge in [0, 0.05) is 5.92 Å². The van der Waals surface area contributed by atoms with Crippen LogP contribution >= 0.6 is 0 Å². The Morgan fingerprint density at radius 2 is 1.63 bits per heavy atom. The maximum Gasteiger partial charge on any atom is 0.468 e. The molecule has 1 saturated heterocycles. The maximum atomic E-state index is 14.3. The van der Waals surface area contributed by atoms with Crippen molar-refractivity contribution in [2.24, 2.45) is 29.6 Å². The van der Waals surface area contributed by atoms with Crippen LogP contribution < -0.4 is 0 Å². The summed E-state index contributed by atoms with van der Waals surface area (Å²) in [6, 6.07) is 0. The van der Waals surface area contributed by atoms with Crippen LogP contribution in [-0.2, 0) is 38.7 Å². The third kappa shape index (κ3) is 2.79. The Labute approximate surface area is 163 Å². The highest BCUT2D eigenvalue weighted by atomic mass is 32.2. The van der Waals surface area contributed by atoms with Crippen molar-refractivity contribution in [2.75, 3.05) is 7.11 Å². The molecule has 0 radical (unpaired) electrons. The molecule has 3 fully saturated rings. The van der Waals surface area contributed by atoms with Gasteiger partial charge in [0.15, 0.2) is 0 Å². The molecule has 0 aromatic rings. The molecule has 3 aliphatic rings. The number of hydrogen-bond acceptors (Lipinski definition) is 8. The summed E-state index contributed by atoms with van der Waals surface area (Å²) >= 11 is 0. The molecule has 2 aliphatic carbocycles. The maximum absolute atomic E-state index is 14.3. The summed E-state index contributed by atoms with van der Waals surface area (Å²) in [5.41, 5.74) is 0. The molecule has 9 nitrogen and oxygen atoms in total. The van der Waals surface area contributed by atoms with Crippen LogP contribution in [0.3, 0.4) is 0 Å². The largest absolute Gasteiger partial charge is 0.469 e. The number of fused-ring (bicyclic) bond motifs is 1. The fraction of sp³-hybridized carbons (Fsp3) is 0.786. The molecule has 30 heavy (non-hydrogen) atoms. The Morgan fingerprint density at radius 3 is 2.10 bits per heavy atom. The van der Waals surface area contributed by atoms with Gasteiger partial charge in [0.2, 0.25) is 0 Å². The van der Waals surface area contributed by atoms with E-state index >= 15 is 0 Å². The van der Waals surface area contributed by atoms with Gasteiger partial charge in [-0.2, -0.15) is 34.8 Å². The number of ether oxygens (including phenoxy) is 3. The third-order valence-electron chi connectivity index (χ3n) is 5.67. The van der Waals surface area contributed by atoms with Gasteiger partial charge in [0.05, 0.1) is 24.9 Å². The smallest absolute Gasteiger partial charge is 0.468 e. The van der Waals surface area contributed by atoms with Gasteiger partial charge in [-0.3, -0.25) is 18.9 Å². The van der Waals surface area contributed by atoms with Gasteiger partial charge in [0.1, 0.15) is 6.10 Å². The highest BCUT2D eigenvalue weighted by Crippen LogP contribution is 2.61. The standard InChI is InChI=1S/C14H12F6O9S/c1-27-9(21)5-3-2-4-6(5)10(22)28-8(4)7(3)11(23)29-12(15,13(16,17)18)14(19,20)30(24,25)26/h3-8H,2H2,1H3,(H,24,25,26). The van der Waals surface area contributed by atoms with Gasteiger partial charge >= 0.3 is 45.3 Å². The molecule has 7 unspecified atom stereocenters. The number of carbonyl (C=O) groups is 3. The first-order valence-corrected chi connectivity index (χ1v) is 9.55. The summed E-state index contributed by atoms with van der Waals surface area (Å²) in [5.74, 6) is -17.4. The quantitative estimate of drug-likeness (QED) is 0.269. The Hall–Kier alpha value is -2.10. The summed E-state index contributed by atoms with van der Waals surface area (Å²) < 4.78 is 123. The van der Waals surface area contributed by atoms with Crippen molar-refractivity contribution >= 4 is 28.0 Å². The zero-order valence-electron chi connectivity index (χ0n) is 14.6. The van der Waals surface area contributed by atoms with E-state index in [4.69, 9.17) is 9.29 Å². The third-order valence-corrected chi connectivity index (χ3v) is 6.58. The summed E-state index contributed by atoms with van der Waals surface area (Å²) in [6.45, 7) is 0. The molecule has 1 N–H and O–H groups in total. The second kappa shape index (κ2) is 6.45. The van der Waals surface area contributed by atoms with E-state index in [2.05, 4.69) is 9.47 Å². The topological polar surface area (TPSA) is 133 Å². The van der Waals surface area contributed by atoms with Crippen molar-refractivity contribution in [1.29, 1.82) is 0 Å². The second-order valence-corrected chi connectivity index (χ2v) is 8.53. The minimum Gasteiger partial charge on any atom is -0.469 e. The van der Waals surface area contributed by atoms with Crippen molar-refractivity contribution in [3.8, 4) is 0 Å². The number of rotatable bonds is 5. The van der Waals surface area contributed by atoms with E-state index in [9.17, 15) is 49.1 Å². The molecule has 0 aromatic heterocycles. The first-order chi connectivity index (χ1) is 13.5. The Morgan fingerprint density at radius 1 is 1.07 bits per heavy atom. The molecule has 16 heteroatoms. The molecule has 1 aliphatic heterocycles. The lowest BCUT2D eigenvalue weighted by Crippen LogP contribution is -2.62. The minimum atomic E-state index is -7.04. The SMILES string of the molecule is COC(=O)C1C2CC3C(OC(=O)C31)C2C(=O)OC(F)(C(F)(F)F)C(F)(F)S(=O)(=O)O. The molecule has 2 bridgehead atoms. The second-order valence-electron chi connectivity index (χ2n) is 7.07. The van der Waals surface area contributed by atoms with Gasteiger partial charge in [-0.15, -0.1) is 0 Å². The van der Waals surface area contributed by atoms with Crippen molar-refractivity contribution in [2.45, 2.75) is 29.8 Å². The molecule has 0 amide bonds. The normalized spacial score (nSPS) is 35.0. The van der Waals surface area contributed by atoms with Crippen LogP contribution in [0.25, 0.3) is 0 Å². The fourth-order valence-electron chi connectivity index (χ4n) is 4.47. The van der Waals surface area contributed by atoms with Crippen molar-refractivity contribution in [1.82, 2.24) is 0 Å². The van der Waals surface area contributed by atoms with Gasteiger partial charge < -0.3 is 14.2 Å². The molecular weight excluding hydrogens is 458 g/mol. The minimum absolute atomic E-state index is 0.138. The Kier molecular flexibility index (Phi) is 4.85. The molecule has 3 rings (SSSR count). The molecule has 7 atom stereocenters. The van der Waals surface area contributed by atoms with Crippen LogP contribution in [0, 0.1) is 29.6 Å². The van der Waals surface area contributed by atoms with Crippen LogP contribution in [0.5, 0.6) is 0 Å². The van der Waals surface area contributed by atoms with E-state index in [1.165, 1.54) is 0 Å². The van der Waals surface area contributed by atoms with E-state index in [-0.39, 0.29) is 6.42 Å². The number of alkyl halides is 6. The summed E-state index contributed by atoms with van der Waals surface area (Å²) in [5, 5.41) is -6.62. The molecule has 0 aromatic carbocycles. The van der Waals surface area contributed by atoms with Crippen LogP contribution in [0.2, 0.25) is 0 Å². The van der Waals surface area contributed by atoms with Crippen molar-refractivity contribution < 1.29 is 67.9 Å². The monoisotopic (exact) mass is 470 g/mol. The van der Waals surface area contributed by atoms with E-state index in [1.54, 1.807) is 0 Å². The highest BCUT2D eigenvalue weighted by molar-refractivity contribution is 7.87. The van der Waals surface area contributed by atoms with Crippen LogP contribution in [-0.4, -0.2) is 61.4 Å². The lowest BCUT2D eigenvalue weighted by molar-refractivity contribution is -0.368. The van der Waals surface area contributed by atoms with Crippen LogP contribution in [0.1, 0.15) is 6.42 Å². The number of esters is 3. The molecule has 170 valence electrons. The first-order valence-electron chi connectivity index (χ1n) is 8.11. The highest BCUT2D eigenvalue weighted by Gasteiger charge is 2.81. The molecule has 2 saturated carbocycles. The number of methoxy groups -OCH3 is 1. The van der Waals surface area contributed by atoms with Crippen molar-refractivity contribution in [3.63, 3.8) is 0 Å². The number of hydrogen-bond donors (Lipinski definition) is 1. The molecule has 1 heterocycles. The van der Waals surface area contributed by atoms with Crippen molar-refractivity contribution in [3.05, 3.63) is 0 Å². The molecular formula is C14H12F6O9S. The summed E-state index contributed by atoms with van der Waals surface area (Å²) in [7, 11) is -6.12. The van der Waals surface area contributed by atoms with Gasteiger partial charge in [-0.25, -0.2) is 0 Å². The fourth-order valence-corrected chi connectivity index (χ4v) is 4.96. The van der Waals surface area contributed by atoms with E-state index < -0.39 is 81.0 Å². The predicted molar refractivity (Wildman–Crippen MR) is 76.4 cm³/mol. The average Bonchev–Trinajstić information content (AvgIpc) is 3.20. The van der Waals surface area contributed by atoms with E-state index in [1.807, 2.05) is 0 Å². The average molecular weight is 470 g/mol. The van der Waals surface area contributed by atoms with E-state index in [0.29, 0.717) is 0 Å². The number of halogens is 6. The first kappa shape index (κ1) is 22.6. The predicted octanol–water partition coefficient (Wildman–Crippen LogP) is 0.835.